The Hall–Kier alpha value is -1.99. The molecule has 2 amide bonds. The van der Waals surface area contributed by atoms with Crippen molar-refractivity contribution >= 4 is 24.2 Å². The van der Waals surface area contributed by atoms with Gasteiger partial charge in [0.2, 0.25) is 11.8 Å². The van der Waals surface area contributed by atoms with Crippen molar-refractivity contribution in [2.75, 3.05) is 13.7 Å². The third-order valence-electron chi connectivity index (χ3n) is 4.76. The number of methoxy groups -OCH3 is 1. The molecule has 0 bridgehead atoms. The second-order valence-electron chi connectivity index (χ2n) is 7.27. The quantitative estimate of drug-likeness (QED) is 0.575. The van der Waals surface area contributed by atoms with E-state index in [9.17, 15) is 9.59 Å². The highest BCUT2D eigenvalue weighted by Gasteiger charge is 2.19. The molecule has 1 atom stereocenters. The first-order chi connectivity index (χ1) is 12.9. The number of carbonyl (C=O) groups excluding carboxylic acids is 2. The number of rotatable bonds is 9. The molecular formula is C20H32ClN3O4. The van der Waals surface area contributed by atoms with Gasteiger partial charge in [0.05, 0.1) is 25.8 Å². The Bertz CT molecular complexity index is 648. The van der Waals surface area contributed by atoms with E-state index in [1.54, 1.807) is 7.11 Å². The molecule has 0 aliphatic heterocycles. The van der Waals surface area contributed by atoms with E-state index >= 15 is 0 Å². The van der Waals surface area contributed by atoms with Crippen LogP contribution in [0.25, 0.3) is 0 Å². The van der Waals surface area contributed by atoms with Gasteiger partial charge >= 0.3 is 0 Å². The van der Waals surface area contributed by atoms with E-state index in [4.69, 9.17) is 15.2 Å². The fraction of sp³-hybridized carbons (Fsp3) is 0.600. The number of amides is 2. The molecule has 0 unspecified atom stereocenters. The smallest absolute Gasteiger partial charge is 0.239 e. The van der Waals surface area contributed by atoms with Gasteiger partial charge in [0, 0.05) is 6.54 Å². The van der Waals surface area contributed by atoms with Crippen LogP contribution in [0.1, 0.15) is 45.1 Å². The number of nitrogens with two attached hydrogens (primary N) is 1. The van der Waals surface area contributed by atoms with Crippen LogP contribution in [0.5, 0.6) is 11.5 Å². The Labute approximate surface area is 173 Å². The number of carbonyl (C=O) groups is 2. The molecule has 0 spiro atoms. The predicted octanol–water partition coefficient (Wildman–Crippen LogP) is 2.15. The number of nitrogens with one attached hydrogen (secondary N) is 2. The molecule has 1 aliphatic rings. The van der Waals surface area contributed by atoms with Crippen LogP contribution in [0.3, 0.4) is 0 Å². The van der Waals surface area contributed by atoms with Gasteiger partial charge in [0.25, 0.3) is 0 Å². The number of halogens is 1. The van der Waals surface area contributed by atoms with Crippen molar-refractivity contribution in [3.05, 3.63) is 23.8 Å². The molecule has 0 aromatic heterocycles. The molecule has 158 valence electrons. The molecule has 4 N–H and O–H groups in total. The van der Waals surface area contributed by atoms with Gasteiger partial charge in [-0.2, -0.15) is 0 Å². The summed E-state index contributed by atoms with van der Waals surface area (Å²) in [5.74, 6) is 0.815. The van der Waals surface area contributed by atoms with Gasteiger partial charge in [-0.1, -0.05) is 19.9 Å². The fourth-order valence-corrected chi connectivity index (χ4v) is 2.96. The van der Waals surface area contributed by atoms with E-state index in [-0.39, 0.29) is 42.8 Å². The zero-order chi connectivity index (χ0) is 19.8. The minimum Gasteiger partial charge on any atom is -0.493 e. The number of hydrogen-bond acceptors (Lipinski definition) is 5. The number of hydrogen-bond donors (Lipinski definition) is 3. The molecule has 1 aromatic carbocycles. The highest BCUT2D eigenvalue weighted by atomic mass is 35.5. The lowest BCUT2D eigenvalue weighted by atomic mass is 10.1. The van der Waals surface area contributed by atoms with Crippen molar-refractivity contribution in [2.45, 2.75) is 58.2 Å². The SMILES string of the molecule is COc1ccc(CNC(=O)CNC(=O)[C@@H](N)C(C)C)cc1OC1CCCC1.Cl. The average Bonchev–Trinajstić information content (AvgIpc) is 3.16. The Balaban J connectivity index is 0.00000392. The van der Waals surface area contributed by atoms with Crippen molar-refractivity contribution in [1.29, 1.82) is 0 Å². The molecule has 1 fully saturated rings. The Morgan fingerprint density at radius 1 is 1.18 bits per heavy atom. The van der Waals surface area contributed by atoms with Crippen molar-refractivity contribution in [3.8, 4) is 11.5 Å². The summed E-state index contributed by atoms with van der Waals surface area (Å²) in [4.78, 5) is 23.8. The second kappa shape index (κ2) is 11.8. The molecule has 2 rings (SSSR count). The zero-order valence-electron chi connectivity index (χ0n) is 16.8. The fourth-order valence-electron chi connectivity index (χ4n) is 2.96. The molecule has 8 heteroatoms. The lowest BCUT2D eigenvalue weighted by Crippen LogP contribution is -2.47. The van der Waals surface area contributed by atoms with Crippen molar-refractivity contribution < 1.29 is 19.1 Å². The number of benzene rings is 1. The van der Waals surface area contributed by atoms with Gasteiger partial charge in [0.15, 0.2) is 11.5 Å². The summed E-state index contributed by atoms with van der Waals surface area (Å²) in [6.45, 7) is 3.97. The second-order valence-corrected chi connectivity index (χ2v) is 7.27. The highest BCUT2D eigenvalue weighted by Crippen LogP contribution is 2.32. The van der Waals surface area contributed by atoms with Crippen LogP contribution >= 0.6 is 12.4 Å². The zero-order valence-corrected chi connectivity index (χ0v) is 17.6. The summed E-state index contributed by atoms with van der Waals surface area (Å²) in [5, 5.41) is 5.35. The Morgan fingerprint density at radius 2 is 1.86 bits per heavy atom. The van der Waals surface area contributed by atoms with E-state index in [0.29, 0.717) is 18.0 Å². The monoisotopic (exact) mass is 413 g/mol. The van der Waals surface area contributed by atoms with Crippen LogP contribution in [0.15, 0.2) is 18.2 Å². The lowest BCUT2D eigenvalue weighted by molar-refractivity contribution is -0.127. The molecule has 1 aromatic rings. The largest absolute Gasteiger partial charge is 0.493 e. The number of ether oxygens (including phenoxy) is 2. The maximum atomic E-state index is 12.0. The van der Waals surface area contributed by atoms with E-state index in [0.717, 1.165) is 18.4 Å². The first-order valence-electron chi connectivity index (χ1n) is 9.54. The standard InChI is InChI=1S/C20H31N3O4.ClH/c1-13(2)19(21)20(25)23-12-18(24)22-11-14-8-9-16(26-3)17(10-14)27-15-6-4-5-7-15;/h8-10,13,15,19H,4-7,11-12,21H2,1-3H3,(H,22,24)(H,23,25);1H/t19-;/m0./s1. The van der Waals surface area contributed by atoms with Gasteiger partial charge in [-0.15, -0.1) is 12.4 Å². The van der Waals surface area contributed by atoms with Crippen molar-refractivity contribution in [2.24, 2.45) is 11.7 Å². The van der Waals surface area contributed by atoms with Crippen LogP contribution in [0.4, 0.5) is 0 Å². The summed E-state index contributed by atoms with van der Waals surface area (Å²) in [6, 6.07) is 5.00. The molecular weight excluding hydrogens is 382 g/mol. The first-order valence-corrected chi connectivity index (χ1v) is 9.54. The topological polar surface area (TPSA) is 103 Å². The van der Waals surface area contributed by atoms with Crippen molar-refractivity contribution in [3.63, 3.8) is 0 Å². The third kappa shape index (κ3) is 7.20. The minimum absolute atomic E-state index is 0. The van der Waals surface area contributed by atoms with Crippen molar-refractivity contribution in [1.82, 2.24) is 10.6 Å². The normalized spacial score (nSPS) is 14.9. The van der Waals surface area contributed by atoms with Gasteiger partial charge in [0.1, 0.15) is 0 Å². The minimum atomic E-state index is -0.616. The van der Waals surface area contributed by atoms with Crippen LogP contribution in [-0.4, -0.2) is 37.6 Å². The highest BCUT2D eigenvalue weighted by molar-refractivity contribution is 5.87. The van der Waals surface area contributed by atoms with E-state index < -0.39 is 6.04 Å². The summed E-state index contributed by atoms with van der Waals surface area (Å²) in [7, 11) is 1.61. The van der Waals surface area contributed by atoms with Crippen LogP contribution in [0.2, 0.25) is 0 Å². The summed E-state index contributed by atoms with van der Waals surface area (Å²) in [5.41, 5.74) is 6.66. The maximum absolute atomic E-state index is 12.0. The first kappa shape index (κ1) is 24.0. The molecule has 7 nitrogen and oxygen atoms in total. The molecule has 28 heavy (non-hydrogen) atoms. The average molecular weight is 414 g/mol. The van der Waals surface area contributed by atoms with Crippen LogP contribution in [-0.2, 0) is 16.1 Å². The third-order valence-corrected chi connectivity index (χ3v) is 4.76. The van der Waals surface area contributed by atoms with Crippen LogP contribution in [0, 0.1) is 5.92 Å². The summed E-state index contributed by atoms with van der Waals surface area (Å²) in [6.07, 6.45) is 4.72. The lowest BCUT2D eigenvalue weighted by Gasteiger charge is -2.17. The van der Waals surface area contributed by atoms with Gasteiger partial charge in [-0.3, -0.25) is 9.59 Å². The molecule has 0 heterocycles. The van der Waals surface area contributed by atoms with E-state index in [1.165, 1.54) is 12.8 Å². The molecule has 1 saturated carbocycles. The Morgan fingerprint density at radius 3 is 2.46 bits per heavy atom. The van der Waals surface area contributed by atoms with E-state index in [2.05, 4.69) is 10.6 Å². The van der Waals surface area contributed by atoms with E-state index in [1.807, 2.05) is 32.0 Å². The van der Waals surface area contributed by atoms with Gasteiger partial charge < -0.3 is 25.8 Å². The van der Waals surface area contributed by atoms with Gasteiger partial charge in [-0.05, 0) is 49.3 Å². The predicted molar refractivity (Wildman–Crippen MR) is 111 cm³/mol. The summed E-state index contributed by atoms with van der Waals surface area (Å²) >= 11 is 0. The molecule has 0 saturated heterocycles. The summed E-state index contributed by atoms with van der Waals surface area (Å²) < 4.78 is 11.4. The maximum Gasteiger partial charge on any atom is 0.239 e. The molecule has 1 aliphatic carbocycles. The Kier molecular flexibility index (Phi) is 10.1. The van der Waals surface area contributed by atoms with Gasteiger partial charge in [-0.25, -0.2) is 0 Å². The van der Waals surface area contributed by atoms with Crippen LogP contribution < -0.4 is 25.8 Å². The molecule has 0 radical (unpaired) electrons.